The topological polar surface area (TPSA) is 72.5 Å². The Labute approximate surface area is 123 Å². The number of hydrogen-bond donors (Lipinski definition) is 1. The summed E-state index contributed by atoms with van der Waals surface area (Å²) >= 11 is 0. The third-order valence-corrected chi connectivity index (χ3v) is 4.65. The van der Waals surface area contributed by atoms with Crippen molar-refractivity contribution in [2.75, 3.05) is 18.9 Å². The molecule has 0 aliphatic carbocycles. The molecule has 1 aromatic carbocycles. The van der Waals surface area contributed by atoms with Crippen LogP contribution in [0.4, 0.5) is 4.39 Å². The van der Waals surface area contributed by atoms with E-state index in [-0.39, 0.29) is 11.9 Å². The summed E-state index contributed by atoms with van der Waals surface area (Å²) in [5.41, 5.74) is 0.335. The lowest BCUT2D eigenvalue weighted by Gasteiger charge is -2.11. The zero-order valence-electron chi connectivity index (χ0n) is 11.5. The molecule has 0 bridgehead atoms. The highest BCUT2D eigenvalue weighted by molar-refractivity contribution is 7.91. The normalized spacial score (nSPS) is 18.6. The van der Waals surface area contributed by atoms with Gasteiger partial charge in [-0.2, -0.15) is 0 Å². The molecule has 116 valence electrons. The van der Waals surface area contributed by atoms with Crippen LogP contribution in [0, 0.1) is 5.82 Å². The second-order valence-corrected chi connectivity index (χ2v) is 7.17. The predicted molar refractivity (Wildman–Crippen MR) is 75.9 cm³/mol. The van der Waals surface area contributed by atoms with Crippen LogP contribution in [0.3, 0.4) is 0 Å². The van der Waals surface area contributed by atoms with Crippen molar-refractivity contribution in [1.82, 2.24) is 5.32 Å². The van der Waals surface area contributed by atoms with Gasteiger partial charge >= 0.3 is 0 Å². The van der Waals surface area contributed by atoms with E-state index in [4.69, 9.17) is 4.74 Å². The highest BCUT2D eigenvalue weighted by Gasteiger charge is 2.20. The zero-order valence-corrected chi connectivity index (χ0v) is 12.4. The molecule has 1 aromatic rings. The van der Waals surface area contributed by atoms with Gasteiger partial charge in [0.2, 0.25) is 5.91 Å². The van der Waals surface area contributed by atoms with Gasteiger partial charge in [-0.05, 0) is 30.5 Å². The van der Waals surface area contributed by atoms with Crippen LogP contribution >= 0.6 is 0 Å². The van der Waals surface area contributed by atoms with Gasteiger partial charge in [0.15, 0.2) is 9.84 Å². The number of halogens is 1. The van der Waals surface area contributed by atoms with Crippen molar-refractivity contribution in [2.24, 2.45) is 0 Å². The van der Waals surface area contributed by atoms with Crippen molar-refractivity contribution >= 4 is 15.7 Å². The number of carbonyl (C=O) groups is 1. The van der Waals surface area contributed by atoms with Gasteiger partial charge in [0, 0.05) is 13.2 Å². The van der Waals surface area contributed by atoms with Gasteiger partial charge in [0.1, 0.15) is 11.6 Å². The summed E-state index contributed by atoms with van der Waals surface area (Å²) < 4.78 is 42.2. The van der Waals surface area contributed by atoms with Gasteiger partial charge < -0.3 is 10.1 Å². The lowest BCUT2D eigenvalue weighted by molar-refractivity contribution is -0.119. The number of sulfone groups is 1. The Morgan fingerprint density at radius 1 is 1.43 bits per heavy atom. The molecule has 1 amide bonds. The predicted octanol–water partition coefficient (Wildman–Crippen LogP) is 1.04. The minimum Gasteiger partial charge on any atom is -0.376 e. The first-order valence-electron chi connectivity index (χ1n) is 6.78. The Hall–Kier alpha value is -1.47. The fraction of sp³-hybridized carbons (Fsp3) is 0.500. The quantitative estimate of drug-likeness (QED) is 0.851. The van der Waals surface area contributed by atoms with Crippen molar-refractivity contribution in [2.45, 2.75) is 24.7 Å². The van der Waals surface area contributed by atoms with Gasteiger partial charge in [0.25, 0.3) is 0 Å². The number of benzene rings is 1. The lowest BCUT2D eigenvalue weighted by atomic mass is 10.2. The van der Waals surface area contributed by atoms with E-state index in [0.717, 1.165) is 18.9 Å². The molecule has 0 spiro atoms. The number of rotatable bonds is 6. The highest BCUT2D eigenvalue weighted by atomic mass is 32.2. The number of ether oxygens (including phenoxy) is 1. The molecule has 0 aromatic heterocycles. The van der Waals surface area contributed by atoms with Crippen molar-refractivity contribution in [1.29, 1.82) is 0 Å². The van der Waals surface area contributed by atoms with Crippen LogP contribution < -0.4 is 5.32 Å². The van der Waals surface area contributed by atoms with E-state index in [2.05, 4.69) is 5.32 Å². The molecule has 1 atom stereocenters. The van der Waals surface area contributed by atoms with Crippen molar-refractivity contribution in [3.05, 3.63) is 35.6 Å². The summed E-state index contributed by atoms with van der Waals surface area (Å²) in [6.07, 6.45) is 1.80. The Morgan fingerprint density at radius 2 is 2.24 bits per heavy atom. The molecule has 1 aliphatic heterocycles. The maximum Gasteiger partial charge on any atom is 0.235 e. The van der Waals surface area contributed by atoms with Gasteiger partial charge in [-0.25, -0.2) is 12.8 Å². The number of hydrogen-bond acceptors (Lipinski definition) is 4. The van der Waals surface area contributed by atoms with Crippen LogP contribution in [0.15, 0.2) is 24.3 Å². The Kier molecular flexibility index (Phi) is 5.30. The Bertz CT molecular complexity index is 597. The van der Waals surface area contributed by atoms with Gasteiger partial charge in [-0.3, -0.25) is 4.79 Å². The Balaban J connectivity index is 1.83. The second kappa shape index (κ2) is 7.00. The summed E-state index contributed by atoms with van der Waals surface area (Å²) in [4.78, 5) is 11.7. The highest BCUT2D eigenvalue weighted by Crippen LogP contribution is 2.11. The standard InChI is InChI=1S/C14H18FNO4S/c15-12-4-1-3-11(7-12)9-21(18,19)10-14(17)16-8-13-5-2-6-20-13/h1,3-4,7,13H,2,5-6,8-10H2,(H,16,17)/t13-/m0/s1. The number of nitrogens with one attached hydrogen (secondary N) is 1. The molecule has 0 radical (unpaired) electrons. The minimum absolute atomic E-state index is 0.0279. The molecule has 1 aliphatic rings. The minimum atomic E-state index is -3.62. The van der Waals surface area contributed by atoms with E-state index in [1.54, 1.807) is 0 Å². The SMILES string of the molecule is O=C(CS(=O)(=O)Cc1cccc(F)c1)NC[C@@H]1CCCO1. The molecule has 1 heterocycles. The van der Waals surface area contributed by atoms with Crippen molar-refractivity contribution < 1.29 is 22.3 Å². The molecule has 1 N–H and O–H groups in total. The van der Waals surface area contributed by atoms with Crippen LogP contribution in [-0.4, -0.2) is 39.3 Å². The molecule has 5 nitrogen and oxygen atoms in total. The smallest absolute Gasteiger partial charge is 0.235 e. The van der Waals surface area contributed by atoms with E-state index in [1.165, 1.54) is 18.2 Å². The molecule has 1 saturated heterocycles. The zero-order chi connectivity index (χ0) is 15.3. The summed E-state index contributed by atoms with van der Waals surface area (Å²) in [7, 11) is -3.62. The maximum absolute atomic E-state index is 13.0. The molecular weight excluding hydrogens is 297 g/mol. The third-order valence-electron chi connectivity index (χ3n) is 3.18. The van der Waals surface area contributed by atoms with E-state index in [0.29, 0.717) is 18.7 Å². The van der Waals surface area contributed by atoms with Gasteiger partial charge in [-0.15, -0.1) is 0 Å². The van der Waals surface area contributed by atoms with Gasteiger partial charge in [0.05, 0.1) is 11.9 Å². The first-order valence-corrected chi connectivity index (χ1v) is 8.60. The third kappa shape index (κ3) is 5.43. The first-order chi connectivity index (χ1) is 9.94. The van der Waals surface area contributed by atoms with E-state index < -0.39 is 27.3 Å². The first kappa shape index (κ1) is 15.9. The average molecular weight is 315 g/mol. The summed E-state index contributed by atoms with van der Waals surface area (Å²) in [6, 6.07) is 5.36. The van der Waals surface area contributed by atoms with E-state index in [1.807, 2.05) is 0 Å². The number of carbonyl (C=O) groups excluding carboxylic acids is 1. The van der Waals surface area contributed by atoms with Crippen molar-refractivity contribution in [3.8, 4) is 0 Å². The molecule has 2 rings (SSSR count). The number of amides is 1. The fourth-order valence-electron chi connectivity index (χ4n) is 2.22. The average Bonchev–Trinajstić information content (AvgIpc) is 2.88. The van der Waals surface area contributed by atoms with Crippen LogP contribution in [0.1, 0.15) is 18.4 Å². The van der Waals surface area contributed by atoms with Crippen molar-refractivity contribution in [3.63, 3.8) is 0 Å². The van der Waals surface area contributed by atoms with Crippen LogP contribution in [0.2, 0.25) is 0 Å². The molecular formula is C14H18FNO4S. The van der Waals surface area contributed by atoms with Crippen LogP contribution in [0.5, 0.6) is 0 Å². The second-order valence-electron chi connectivity index (χ2n) is 5.10. The summed E-state index contributed by atoms with van der Waals surface area (Å²) in [5, 5.41) is 2.56. The molecule has 21 heavy (non-hydrogen) atoms. The molecule has 0 unspecified atom stereocenters. The largest absolute Gasteiger partial charge is 0.376 e. The van der Waals surface area contributed by atoms with Crippen LogP contribution in [-0.2, 0) is 25.1 Å². The summed E-state index contributed by atoms with van der Waals surface area (Å²) in [6.45, 7) is 1.01. The van der Waals surface area contributed by atoms with E-state index in [9.17, 15) is 17.6 Å². The monoisotopic (exact) mass is 315 g/mol. The molecule has 7 heteroatoms. The summed E-state index contributed by atoms with van der Waals surface area (Å²) in [5.74, 6) is -2.00. The van der Waals surface area contributed by atoms with Gasteiger partial charge in [-0.1, -0.05) is 12.1 Å². The Morgan fingerprint density at radius 3 is 2.90 bits per heavy atom. The van der Waals surface area contributed by atoms with Crippen LogP contribution in [0.25, 0.3) is 0 Å². The lowest BCUT2D eigenvalue weighted by Crippen LogP contribution is -2.36. The fourth-order valence-corrected chi connectivity index (χ4v) is 3.51. The molecule has 1 fully saturated rings. The molecule has 0 saturated carbocycles. The maximum atomic E-state index is 13.0. The van der Waals surface area contributed by atoms with E-state index >= 15 is 0 Å².